The number of hydrogen-bond donors (Lipinski definition) is 3. The van der Waals surface area contributed by atoms with Crippen molar-refractivity contribution in [2.24, 2.45) is 17.8 Å². The molecule has 7 heteroatoms. The molecule has 0 fully saturated rings. The van der Waals surface area contributed by atoms with Crippen LogP contribution in [0.1, 0.15) is 124 Å². The van der Waals surface area contributed by atoms with Crippen LogP contribution in [0.15, 0.2) is 12.3 Å². The van der Waals surface area contributed by atoms with Crippen LogP contribution in [-0.4, -0.2) is 57.3 Å². The van der Waals surface area contributed by atoms with Crippen molar-refractivity contribution in [3.8, 4) is 0 Å². The van der Waals surface area contributed by atoms with Crippen LogP contribution in [0.3, 0.4) is 0 Å². The summed E-state index contributed by atoms with van der Waals surface area (Å²) in [6, 6.07) is 0. The van der Waals surface area contributed by atoms with Gasteiger partial charge in [-0.1, -0.05) is 90.4 Å². The lowest BCUT2D eigenvalue weighted by atomic mass is 10.0. The highest BCUT2D eigenvalue weighted by atomic mass is 16.4. The third-order valence-electron chi connectivity index (χ3n) is 7.32. The average Bonchev–Trinajstić information content (AvgIpc) is 2.83. The van der Waals surface area contributed by atoms with E-state index in [1.54, 1.807) is 20.8 Å². The lowest BCUT2D eigenvalue weighted by Gasteiger charge is -2.38. The molecule has 3 unspecified atom stereocenters. The summed E-state index contributed by atoms with van der Waals surface area (Å²) in [7, 11) is 0. The lowest BCUT2D eigenvalue weighted by Crippen LogP contribution is -2.53. The Morgan fingerprint density at radius 1 is 0.568 bits per heavy atom. The standard InChI is InChI=1S/C30H55NO6/c1-5-6-7-8-9-10-11-12-13-14-15-16-17-18-19-20-21-31(22-25(2)28(32)33,23-26(3)29(34)35)24-27(4)30(36)37/h20-21,25-27H,5-19,22-24H2,1-4H3,(H2-,32,33,34,35,36,37)/p+1/b21-20+. The van der Waals surface area contributed by atoms with Gasteiger partial charge in [-0.05, 0) is 39.7 Å². The predicted octanol–water partition coefficient (Wildman–Crippen LogP) is 7.35. The highest BCUT2D eigenvalue weighted by Crippen LogP contribution is 2.22. The van der Waals surface area contributed by atoms with E-state index in [0.717, 1.165) is 19.3 Å². The summed E-state index contributed by atoms with van der Waals surface area (Å²) < 4.78 is 0.0486. The van der Waals surface area contributed by atoms with Crippen molar-refractivity contribution < 1.29 is 34.2 Å². The number of aliphatic carboxylic acids is 3. The van der Waals surface area contributed by atoms with E-state index >= 15 is 0 Å². The Labute approximate surface area is 225 Å². The molecule has 37 heavy (non-hydrogen) atoms. The van der Waals surface area contributed by atoms with Gasteiger partial charge in [0.05, 0.1) is 25.8 Å². The van der Waals surface area contributed by atoms with Crippen LogP contribution in [0, 0.1) is 17.8 Å². The van der Waals surface area contributed by atoms with E-state index in [0.29, 0.717) is 0 Å². The summed E-state index contributed by atoms with van der Waals surface area (Å²) >= 11 is 0. The van der Waals surface area contributed by atoms with Crippen molar-refractivity contribution in [3.05, 3.63) is 12.3 Å². The van der Waals surface area contributed by atoms with E-state index in [2.05, 4.69) is 6.92 Å². The number of allylic oxidation sites excluding steroid dienone is 1. The van der Waals surface area contributed by atoms with Gasteiger partial charge in [-0.15, -0.1) is 0 Å². The van der Waals surface area contributed by atoms with Crippen LogP contribution in [-0.2, 0) is 14.4 Å². The Morgan fingerprint density at radius 2 is 0.865 bits per heavy atom. The second-order valence-corrected chi connectivity index (χ2v) is 11.3. The maximum absolute atomic E-state index is 11.6. The highest BCUT2D eigenvalue weighted by molar-refractivity contribution is 5.70. The number of carboxylic acids is 3. The lowest BCUT2D eigenvalue weighted by molar-refractivity contribution is -0.886. The van der Waals surface area contributed by atoms with Gasteiger partial charge in [0.25, 0.3) is 0 Å². The Hall–Kier alpha value is -1.89. The van der Waals surface area contributed by atoms with Crippen LogP contribution >= 0.6 is 0 Å². The van der Waals surface area contributed by atoms with Crippen molar-refractivity contribution in [1.29, 1.82) is 0 Å². The van der Waals surface area contributed by atoms with Crippen LogP contribution in [0.5, 0.6) is 0 Å². The number of unbranched alkanes of at least 4 members (excludes halogenated alkanes) is 14. The second-order valence-electron chi connectivity index (χ2n) is 11.3. The zero-order valence-corrected chi connectivity index (χ0v) is 24.1. The van der Waals surface area contributed by atoms with Gasteiger partial charge < -0.3 is 15.3 Å². The third kappa shape index (κ3) is 18.1. The SMILES string of the molecule is CCCCCCCCCCCCCCCC/C=C/[N+](CC(C)C(=O)O)(CC(C)C(=O)O)CC(C)C(=O)O. The highest BCUT2D eigenvalue weighted by Gasteiger charge is 2.37. The summed E-state index contributed by atoms with van der Waals surface area (Å²) in [5.41, 5.74) is 0. The molecule has 0 aliphatic rings. The largest absolute Gasteiger partial charge is 0.481 e. The van der Waals surface area contributed by atoms with Gasteiger partial charge in [-0.25, -0.2) is 0 Å². The molecule has 0 aromatic heterocycles. The first kappa shape index (κ1) is 35.1. The molecule has 3 N–H and O–H groups in total. The topological polar surface area (TPSA) is 112 Å². The minimum absolute atomic E-state index is 0.0486. The molecule has 0 spiro atoms. The number of nitrogens with zero attached hydrogens (tertiary/aromatic N) is 1. The molecule has 0 amide bonds. The van der Waals surface area contributed by atoms with E-state index < -0.39 is 35.7 Å². The van der Waals surface area contributed by atoms with Crippen molar-refractivity contribution in [3.63, 3.8) is 0 Å². The van der Waals surface area contributed by atoms with Crippen molar-refractivity contribution in [2.45, 2.75) is 124 Å². The number of hydrogen-bond acceptors (Lipinski definition) is 3. The molecule has 0 heterocycles. The molecule has 0 saturated carbocycles. The number of quaternary nitrogens is 1. The molecule has 0 aliphatic heterocycles. The molecule has 7 nitrogen and oxygen atoms in total. The molecule has 0 saturated heterocycles. The molecule has 0 rings (SSSR count). The Kier molecular flexibility index (Phi) is 20.0. The maximum Gasteiger partial charge on any atom is 0.311 e. The van der Waals surface area contributed by atoms with E-state index in [-0.39, 0.29) is 24.1 Å². The van der Waals surface area contributed by atoms with Gasteiger partial charge in [0.2, 0.25) is 0 Å². The van der Waals surface area contributed by atoms with E-state index in [9.17, 15) is 29.7 Å². The van der Waals surface area contributed by atoms with Crippen molar-refractivity contribution >= 4 is 17.9 Å². The van der Waals surface area contributed by atoms with Crippen LogP contribution in [0.4, 0.5) is 0 Å². The Morgan fingerprint density at radius 3 is 1.16 bits per heavy atom. The summed E-state index contributed by atoms with van der Waals surface area (Å²) in [6.07, 6.45) is 22.8. The molecule has 0 aliphatic carbocycles. The number of carbonyl (C=O) groups is 3. The number of rotatable bonds is 25. The van der Waals surface area contributed by atoms with Gasteiger partial charge >= 0.3 is 17.9 Å². The fourth-order valence-electron chi connectivity index (χ4n) is 5.03. The van der Waals surface area contributed by atoms with E-state index in [1.165, 1.54) is 77.0 Å². The summed E-state index contributed by atoms with van der Waals surface area (Å²) in [6.45, 7) is 7.53. The maximum atomic E-state index is 11.6. The summed E-state index contributed by atoms with van der Waals surface area (Å²) in [5.74, 6) is -5.04. The van der Waals surface area contributed by atoms with Crippen molar-refractivity contribution in [2.75, 3.05) is 19.6 Å². The first-order chi connectivity index (χ1) is 17.5. The van der Waals surface area contributed by atoms with Gasteiger partial charge in [0.1, 0.15) is 17.8 Å². The zero-order valence-electron chi connectivity index (χ0n) is 24.1. The molecule has 216 valence electrons. The van der Waals surface area contributed by atoms with Crippen LogP contribution in [0.25, 0.3) is 0 Å². The van der Waals surface area contributed by atoms with E-state index in [1.807, 2.05) is 12.3 Å². The van der Waals surface area contributed by atoms with Gasteiger partial charge in [0.15, 0.2) is 0 Å². The monoisotopic (exact) mass is 526 g/mol. The van der Waals surface area contributed by atoms with Gasteiger partial charge in [-0.2, -0.15) is 0 Å². The molecule has 0 bridgehead atoms. The molecular formula is C30H56NO6+. The molecule has 0 aromatic rings. The first-order valence-electron chi connectivity index (χ1n) is 14.8. The Bertz CT molecular complexity index is 607. The quantitative estimate of drug-likeness (QED) is 0.0847. The zero-order chi connectivity index (χ0) is 28.1. The first-order valence-corrected chi connectivity index (χ1v) is 14.8. The van der Waals surface area contributed by atoms with Crippen LogP contribution < -0.4 is 0 Å². The van der Waals surface area contributed by atoms with Crippen LogP contribution in [0.2, 0.25) is 0 Å². The Balaban J connectivity index is 4.60. The number of carboxylic acid groups (broad SMARTS) is 3. The molecular weight excluding hydrogens is 470 g/mol. The van der Waals surface area contributed by atoms with E-state index in [4.69, 9.17) is 0 Å². The summed E-state index contributed by atoms with van der Waals surface area (Å²) in [5, 5.41) is 28.4. The third-order valence-corrected chi connectivity index (χ3v) is 7.32. The minimum Gasteiger partial charge on any atom is -0.481 e. The second kappa shape index (κ2) is 21.1. The molecule has 0 aromatic carbocycles. The van der Waals surface area contributed by atoms with Crippen molar-refractivity contribution in [1.82, 2.24) is 0 Å². The van der Waals surface area contributed by atoms with Gasteiger partial charge in [0, 0.05) is 0 Å². The average molecular weight is 527 g/mol. The molecule has 3 atom stereocenters. The fraction of sp³-hybridized carbons (Fsp3) is 0.833. The fourth-order valence-corrected chi connectivity index (χ4v) is 5.03. The minimum atomic E-state index is -0.964. The summed E-state index contributed by atoms with van der Waals surface area (Å²) in [4.78, 5) is 34.7. The van der Waals surface area contributed by atoms with Gasteiger partial charge in [-0.3, -0.25) is 18.9 Å². The molecule has 0 radical (unpaired) electrons. The normalized spacial score (nSPS) is 15.8. The predicted molar refractivity (Wildman–Crippen MR) is 149 cm³/mol. The smallest absolute Gasteiger partial charge is 0.311 e.